The van der Waals surface area contributed by atoms with Crippen LogP contribution in [0.3, 0.4) is 0 Å². The van der Waals surface area contributed by atoms with Crippen LogP contribution in [0, 0.1) is 11.8 Å². The van der Waals surface area contributed by atoms with Gasteiger partial charge in [-0.1, -0.05) is 19.9 Å². The van der Waals surface area contributed by atoms with Crippen LogP contribution in [-0.4, -0.2) is 23.8 Å². The molecule has 1 aliphatic heterocycles. The summed E-state index contributed by atoms with van der Waals surface area (Å²) in [5, 5.41) is 0. The first-order valence-electron chi connectivity index (χ1n) is 6.70. The van der Waals surface area contributed by atoms with Crippen molar-refractivity contribution < 1.29 is 14.3 Å². The number of hydrogen-bond acceptors (Lipinski definition) is 4. The molecule has 20 heavy (non-hydrogen) atoms. The van der Waals surface area contributed by atoms with Crippen molar-refractivity contribution in [1.29, 1.82) is 0 Å². The summed E-state index contributed by atoms with van der Waals surface area (Å²) in [5.41, 5.74) is 7.38. The van der Waals surface area contributed by atoms with E-state index >= 15 is 0 Å². The van der Waals surface area contributed by atoms with Crippen molar-refractivity contribution in [2.75, 3.05) is 7.11 Å². The Hall–Kier alpha value is -1.88. The van der Waals surface area contributed by atoms with Crippen molar-refractivity contribution in [3.63, 3.8) is 0 Å². The molecule has 2 N–H and O–H groups in total. The molecule has 2 amide bonds. The highest BCUT2D eigenvalue weighted by molar-refractivity contribution is 6.04. The number of ether oxygens (including phenoxy) is 1. The molecule has 1 saturated heterocycles. The van der Waals surface area contributed by atoms with Gasteiger partial charge in [0.15, 0.2) is 0 Å². The van der Waals surface area contributed by atoms with Crippen molar-refractivity contribution in [2.24, 2.45) is 17.6 Å². The minimum absolute atomic E-state index is 0.122. The maximum atomic E-state index is 12.1. The van der Waals surface area contributed by atoms with E-state index in [9.17, 15) is 9.59 Å². The van der Waals surface area contributed by atoms with Gasteiger partial charge in [-0.25, -0.2) is 0 Å². The third-order valence-corrected chi connectivity index (χ3v) is 3.97. The molecule has 1 aromatic carbocycles. The first-order chi connectivity index (χ1) is 9.49. The van der Waals surface area contributed by atoms with Crippen molar-refractivity contribution in [2.45, 2.75) is 26.9 Å². The zero-order valence-corrected chi connectivity index (χ0v) is 12.1. The maximum Gasteiger partial charge on any atom is 0.233 e. The molecular weight excluding hydrogens is 256 g/mol. The smallest absolute Gasteiger partial charge is 0.233 e. The Morgan fingerprint density at radius 3 is 2.30 bits per heavy atom. The number of hydrogen-bond donors (Lipinski definition) is 1. The number of likely N-dealkylation sites (tertiary alicyclic amines) is 1. The molecule has 0 aromatic heterocycles. The predicted octanol–water partition coefficient (Wildman–Crippen LogP) is 1.29. The third kappa shape index (κ3) is 2.41. The minimum Gasteiger partial charge on any atom is -0.496 e. The van der Waals surface area contributed by atoms with Crippen LogP contribution in [0.15, 0.2) is 18.2 Å². The lowest BCUT2D eigenvalue weighted by Crippen LogP contribution is -2.30. The van der Waals surface area contributed by atoms with Gasteiger partial charge in [0.05, 0.1) is 13.7 Å². The monoisotopic (exact) mass is 276 g/mol. The quantitative estimate of drug-likeness (QED) is 0.841. The van der Waals surface area contributed by atoms with E-state index in [1.165, 1.54) is 4.90 Å². The first-order valence-corrected chi connectivity index (χ1v) is 6.70. The first kappa shape index (κ1) is 14.5. The zero-order chi connectivity index (χ0) is 14.9. The van der Waals surface area contributed by atoms with Gasteiger partial charge >= 0.3 is 0 Å². The van der Waals surface area contributed by atoms with Crippen molar-refractivity contribution >= 4 is 11.8 Å². The summed E-state index contributed by atoms with van der Waals surface area (Å²) in [6, 6.07) is 5.57. The molecule has 1 aromatic rings. The van der Waals surface area contributed by atoms with Crippen molar-refractivity contribution in [3.05, 3.63) is 29.3 Å². The Labute approximate surface area is 118 Å². The summed E-state index contributed by atoms with van der Waals surface area (Å²) in [7, 11) is 1.57. The lowest BCUT2D eigenvalue weighted by atomic mass is 10.00. The summed E-state index contributed by atoms with van der Waals surface area (Å²) >= 11 is 0. The Balaban J connectivity index is 2.30. The summed E-state index contributed by atoms with van der Waals surface area (Å²) in [6.45, 7) is 4.23. The second-order valence-corrected chi connectivity index (χ2v) is 5.19. The molecule has 5 heteroatoms. The highest BCUT2D eigenvalue weighted by atomic mass is 16.5. The van der Waals surface area contributed by atoms with Gasteiger partial charge in [0.1, 0.15) is 5.75 Å². The molecule has 0 bridgehead atoms. The van der Waals surface area contributed by atoms with Gasteiger partial charge in [-0.15, -0.1) is 0 Å². The van der Waals surface area contributed by atoms with Gasteiger partial charge in [0, 0.05) is 23.9 Å². The molecule has 0 saturated carbocycles. The van der Waals surface area contributed by atoms with Crippen LogP contribution in [0.2, 0.25) is 0 Å². The summed E-state index contributed by atoms with van der Waals surface area (Å²) in [4.78, 5) is 25.6. The molecule has 2 rings (SSSR count). The molecular formula is C15H20N2O3. The van der Waals surface area contributed by atoms with Crippen LogP contribution in [0.4, 0.5) is 0 Å². The number of carbonyl (C=O) groups is 2. The van der Waals surface area contributed by atoms with Crippen LogP contribution in [0.1, 0.15) is 25.0 Å². The lowest BCUT2D eigenvalue weighted by Gasteiger charge is -2.17. The summed E-state index contributed by atoms with van der Waals surface area (Å²) in [5.74, 6) is -0.0993. The topological polar surface area (TPSA) is 72.6 Å². The van der Waals surface area contributed by atoms with Gasteiger partial charge in [0.25, 0.3) is 0 Å². The fourth-order valence-electron chi connectivity index (χ4n) is 2.44. The fourth-order valence-corrected chi connectivity index (χ4v) is 2.44. The minimum atomic E-state index is -0.258. The number of nitrogens with two attached hydrogens (primary N) is 1. The molecule has 1 aliphatic rings. The average molecular weight is 276 g/mol. The van der Waals surface area contributed by atoms with Crippen LogP contribution in [-0.2, 0) is 22.7 Å². The summed E-state index contributed by atoms with van der Waals surface area (Å²) < 4.78 is 5.29. The van der Waals surface area contributed by atoms with Crippen LogP contribution in [0.5, 0.6) is 5.75 Å². The zero-order valence-electron chi connectivity index (χ0n) is 12.1. The molecule has 5 nitrogen and oxygen atoms in total. The Bertz CT molecular complexity index is 522. The number of amides is 2. The SMILES string of the molecule is COc1ccc(CN)cc1CN1C(=O)C(C)C(C)C1=O. The molecule has 108 valence electrons. The Morgan fingerprint density at radius 2 is 1.80 bits per heavy atom. The van der Waals surface area contributed by atoms with E-state index < -0.39 is 0 Å². The number of imide groups is 1. The lowest BCUT2D eigenvalue weighted by molar-refractivity contribution is -0.140. The molecule has 2 atom stereocenters. The van der Waals surface area contributed by atoms with E-state index in [0.29, 0.717) is 12.3 Å². The molecule has 1 heterocycles. The molecule has 0 spiro atoms. The van der Waals surface area contributed by atoms with Crippen LogP contribution >= 0.6 is 0 Å². The molecule has 2 unspecified atom stereocenters. The van der Waals surface area contributed by atoms with E-state index in [0.717, 1.165) is 11.1 Å². The maximum absolute atomic E-state index is 12.1. The van der Waals surface area contributed by atoms with Gasteiger partial charge in [-0.05, 0) is 17.7 Å². The number of carbonyl (C=O) groups excluding carboxylic acids is 2. The fraction of sp³-hybridized carbons (Fsp3) is 0.467. The number of methoxy groups -OCH3 is 1. The van der Waals surface area contributed by atoms with Crippen molar-refractivity contribution in [3.8, 4) is 5.75 Å². The van der Waals surface area contributed by atoms with Crippen LogP contribution < -0.4 is 10.5 Å². The van der Waals surface area contributed by atoms with Crippen LogP contribution in [0.25, 0.3) is 0 Å². The normalized spacial score (nSPS) is 22.5. The number of nitrogens with zero attached hydrogens (tertiary/aromatic N) is 1. The highest BCUT2D eigenvalue weighted by Gasteiger charge is 2.42. The molecule has 1 fully saturated rings. The second kappa shape index (κ2) is 5.63. The van der Waals surface area contributed by atoms with E-state index in [1.54, 1.807) is 21.0 Å². The van der Waals surface area contributed by atoms with Gasteiger partial charge in [-0.2, -0.15) is 0 Å². The summed E-state index contributed by atoms with van der Waals surface area (Å²) in [6.07, 6.45) is 0. The van der Waals surface area contributed by atoms with E-state index in [4.69, 9.17) is 10.5 Å². The Kier molecular flexibility index (Phi) is 4.09. The largest absolute Gasteiger partial charge is 0.496 e. The molecule has 0 aliphatic carbocycles. The predicted molar refractivity (Wildman–Crippen MR) is 74.8 cm³/mol. The van der Waals surface area contributed by atoms with Crippen molar-refractivity contribution in [1.82, 2.24) is 4.90 Å². The highest BCUT2D eigenvalue weighted by Crippen LogP contribution is 2.29. The Morgan fingerprint density at radius 1 is 1.20 bits per heavy atom. The second-order valence-electron chi connectivity index (χ2n) is 5.19. The number of rotatable bonds is 4. The van der Waals surface area contributed by atoms with E-state index in [2.05, 4.69) is 0 Å². The third-order valence-electron chi connectivity index (χ3n) is 3.97. The average Bonchev–Trinajstić information content (AvgIpc) is 2.65. The van der Waals surface area contributed by atoms with Gasteiger partial charge < -0.3 is 10.5 Å². The standard InChI is InChI=1S/C15H20N2O3/c1-9-10(2)15(19)17(14(9)18)8-12-6-11(7-16)4-5-13(12)20-3/h4-6,9-10H,7-8,16H2,1-3H3. The van der Waals surface area contributed by atoms with Gasteiger partial charge in [-0.3, -0.25) is 14.5 Å². The van der Waals surface area contributed by atoms with E-state index in [1.807, 2.05) is 18.2 Å². The molecule has 0 radical (unpaired) electrons. The van der Waals surface area contributed by atoms with Gasteiger partial charge in [0.2, 0.25) is 11.8 Å². The van der Waals surface area contributed by atoms with E-state index in [-0.39, 0.29) is 30.2 Å². The number of benzene rings is 1.